The largest absolute Gasteiger partial charge is 0.203 e. The quantitative estimate of drug-likeness (QED) is 0.239. The predicted molar refractivity (Wildman–Crippen MR) is 135 cm³/mol. The van der Waals surface area contributed by atoms with E-state index >= 15 is 0 Å². The molecule has 2 heteroatoms. The fourth-order valence-electron chi connectivity index (χ4n) is 4.20. The summed E-state index contributed by atoms with van der Waals surface area (Å²) in [6.45, 7) is 4.28. The lowest BCUT2D eigenvalue weighted by Crippen LogP contribution is -1.94. The summed E-state index contributed by atoms with van der Waals surface area (Å²) in [5.74, 6) is -1.62. The van der Waals surface area contributed by atoms with Crippen molar-refractivity contribution >= 4 is 0 Å². The molecule has 0 aliphatic carbocycles. The molecule has 0 saturated heterocycles. The number of benzene rings is 4. The van der Waals surface area contributed by atoms with Crippen LogP contribution in [0, 0.1) is 11.6 Å². The van der Waals surface area contributed by atoms with E-state index in [0.29, 0.717) is 11.1 Å². The topological polar surface area (TPSA) is 0 Å². The molecule has 33 heavy (non-hydrogen) atoms. The van der Waals surface area contributed by atoms with E-state index in [0.717, 1.165) is 24.0 Å². The second kappa shape index (κ2) is 10.6. The Hall–Kier alpha value is -3.26. The van der Waals surface area contributed by atoms with E-state index in [1.54, 1.807) is 12.1 Å². The first-order valence-electron chi connectivity index (χ1n) is 11.9. The van der Waals surface area contributed by atoms with E-state index in [1.165, 1.54) is 30.4 Å². The zero-order valence-electron chi connectivity index (χ0n) is 19.4. The predicted octanol–water partition coefficient (Wildman–Crippen LogP) is 9.26. The molecule has 0 heterocycles. The highest BCUT2D eigenvalue weighted by Gasteiger charge is 2.16. The maximum Gasteiger partial charge on any atom is 0.167 e. The van der Waals surface area contributed by atoms with Crippen LogP contribution < -0.4 is 0 Å². The smallest absolute Gasteiger partial charge is 0.167 e. The molecule has 0 aliphatic rings. The van der Waals surface area contributed by atoms with Gasteiger partial charge in [-0.25, -0.2) is 8.78 Å². The van der Waals surface area contributed by atoms with Gasteiger partial charge in [-0.2, -0.15) is 0 Å². The molecule has 0 aromatic heterocycles. The first-order chi connectivity index (χ1) is 16.1. The fraction of sp³-hybridized carbons (Fsp3) is 0.226. The Morgan fingerprint density at radius 2 is 0.909 bits per heavy atom. The van der Waals surface area contributed by atoms with E-state index in [9.17, 15) is 8.78 Å². The lowest BCUT2D eigenvalue weighted by atomic mass is 9.96. The highest BCUT2D eigenvalue weighted by molar-refractivity contribution is 5.74. The standard InChI is InChI=1S/C31H30F2/c1-3-5-6-7-23-10-12-24(13-11-23)25-16-18-27(19-17-25)29-21-20-28(30(32)31(29)33)26-14-8-22(4-2)9-15-26/h8-21H,3-7H2,1-2H3. The summed E-state index contributed by atoms with van der Waals surface area (Å²) >= 11 is 0. The Kier molecular flexibility index (Phi) is 7.34. The molecule has 0 unspecified atom stereocenters. The van der Waals surface area contributed by atoms with Crippen LogP contribution in [0.5, 0.6) is 0 Å². The van der Waals surface area contributed by atoms with Gasteiger partial charge in [-0.05, 0) is 52.6 Å². The third-order valence-electron chi connectivity index (χ3n) is 6.31. The molecule has 0 saturated carbocycles. The molecule has 0 fully saturated rings. The average molecular weight is 441 g/mol. The van der Waals surface area contributed by atoms with E-state index in [4.69, 9.17) is 0 Å². The summed E-state index contributed by atoms with van der Waals surface area (Å²) in [4.78, 5) is 0. The van der Waals surface area contributed by atoms with Gasteiger partial charge in [0.15, 0.2) is 11.6 Å². The molecule has 0 radical (unpaired) electrons. The summed E-state index contributed by atoms with van der Waals surface area (Å²) in [6, 6.07) is 27.2. The minimum absolute atomic E-state index is 0.277. The van der Waals surface area contributed by atoms with Crippen molar-refractivity contribution < 1.29 is 8.78 Å². The molecule has 0 spiro atoms. The summed E-state index contributed by atoms with van der Waals surface area (Å²) in [6.07, 6.45) is 5.72. The number of unbranched alkanes of at least 4 members (excludes halogenated alkanes) is 2. The second-order valence-corrected chi connectivity index (χ2v) is 8.57. The van der Waals surface area contributed by atoms with E-state index in [-0.39, 0.29) is 11.1 Å². The van der Waals surface area contributed by atoms with Crippen molar-refractivity contribution in [2.45, 2.75) is 46.0 Å². The van der Waals surface area contributed by atoms with Crippen molar-refractivity contribution in [3.8, 4) is 33.4 Å². The summed E-state index contributed by atoms with van der Waals surface area (Å²) < 4.78 is 29.9. The Balaban J connectivity index is 1.54. The molecule has 0 bridgehead atoms. The molecule has 168 valence electrons. The molecule has 4 rings (SSSR count). The van der Waals surface area contributed by atoms with Crippen molar-refractivity contribution in [1.82, 2.24) is 0 Å². The molecule has 4 aromatic carbocycles. The van der Waals surface area contributed by atoms with Crippen molar-refractivity contribution in [1.29, 1.82) is 0 Å². The average Bonchev–Trinajstić information content (AvgIpc) is 2.86. The van der Waals surface area contributed by atoms with Gasteiger partial charge in [0.2, 0.25) is 0 Å². The van der Waals surface area contributed by atoms with Gasteiger partial charge in [-0.1, -0.05) is 112 Å². The van der Waals surface area contributed by atoms with Gasteiger partial charge in [0, 0.05) is 11.1 Å². The molecular weight excluding hydrogens is 410 g/mol. The van der Waals surface area contributed by atoms with E-state index in [2.05, 4.69) is 38.1 Å². The summed E-state index contributed by atoms with van der Waals surface area (Å²) in [7, 11) is 0. The first kappa shape index (κ1) is 22.9. The van der Waals surface area contributed by atoms with Crippen LogP contribution in [0.2, 0.25) is 0 Å². The number of aryl methyl sites for hydroxylation is 2. The Morgan fingerprint density at radius 3 is 1.39 bits per heavy atom. The van der Waals surface area contributed by atoms with Crippen LogP contribution >= 0.6 is 0 Å². The van der Waals surface area contributed by atoms with E-state index in [1.807, 2.05) is 48.5 Å². The molecule has 4 aromatic rings. The van der Waals surface area contributed by atoms with Gasteiger partial charge >= 0.3 is 0 Å². The van der Waals surface area contributed by atoms with Gasteiger partial charge in [-0.3, -0.25) is 0 Å². The van der Waals surface area contributed by atoms with Crippen molar-refractivity contribution in [3.63, 3.8) is 0 Å². The highest BCUT2D eigenvalue weighted by atomic mass is 19.2. The maximum absolute atomic E-state index is 15.0. The molecule has 0 aliphatic heterocycles. The zero-order valence-corrected chi connectivity index (χ0v) is 19.4. The number of halogens is 2. The number of rotatable bonds is 8. The van der Waals surface area contributed by atoms with Crippen LogP contribution in [-0.4, -0.2) is 0 Å². The van der Waals surface area contributed by atoms with E-state index < -0.39 is 11.6 Å². The van der Waals surface area contributed by atoms with Gasteiger partial charge in [0.05, 0.1) is 0 Å². The maximum atomic E-state index is 15.0. The van der Waals surface area contributed by atoms with Gasteiger partial charge in [0.25, 0.3) is 0 Å². The van der Waals surface area contributed by atoms with Crippen LogP contribution in [0.3, 0.4) is 0 Å². The van der Waals surface area contributed by atoms with Crippen molar-refractivity contribution in [3.05, 3.63) is 108 Å². The fourth-order valence-corrected chi connectivity index (χ4v) is 4.20. The summed E-state index contributed by atoms with van der Waals surface area (Å²) in [5, 5.41) is 0. The van der Waals surface area contributed by atoms with Crippen LogP contribution in [0.25, 0.3) is 33.4 Å². The lowest BCUT2D eigenvalue weighted by molar-refractivity contribution is 0.514. The molecule has 0 nitrogen and oxygen atoms in total. The first-order valence-corrected chi connectivity index (χ1v) is 11.9. The Labute approximate surface area is 195 Å². The monoisotopic (exact) mass is 440 g/mol. The highest BCUT2D eigenvalue weighted by Crippen LogP contribution is 2.33. The third-order valence-corrected chi connectivity index (χ3v) is 6.31. The molecular formula is C31H30F2. The normalized spacial score (nSPS) is 11.0. The van der Waals surface area contributed by atoms with Crippen LogP contribution in [-0.2, 0) is 12.8 Å². The Morgan fingerprint density at radius 1 is 0.485 bits per heavy atom. The van der Waals surface area contributed by atoms with Crippen molar-refractivity contribution in [2.24, 2.45) is 0 Å². The van der Waals surface area contributed by atoms with Crippen LogP contribution in [0.4, 0.5) is 8.78 Å². The van der Waals surface area contributed by atoms with Crippen molar-refractivity contribution in [2.75, 3.05) is 0 Å². The molecule has 0 atom stereocenters. The van der Waals surface area contributed by atoms with Crippen LogP contribution in [0.15, 0.2) is 84.9 Å². The lowest BCUT2D eigenvalue weighted by Gasteiger charge is -2.11. The minimum atomic E-state index is -0.809. The summed E-state index contributed by atoms with van der Waals surface area (Å²) in [5.41, 5.74) is 6.62. The molecule has 0 amide bonds. The number of hydrogen-bond donors (Lipinski definition) is 0. The minimum Gasteiger partial charge on any atom is -0.203 e. The van der Waals surface area contributed by atoms with Gasteiger partial charge in [-0.15, -0.1) is 0 Å². The second-order valence-electron chi connectivity index (χ2n) is 8.57. The van der Waals surface area contributed by atoms with Gasteiger partial charge in [0.1, 0.15) is 0 Å². The SMILES string of the molecule is CCCCCc1ccc(-c2ccc(-c3ccc(-c4ccc(CC)cc4)c(F)c3F)cc2)cc1. The third kappa shape index (κ3) is 5.22. The van der Waals surface area contributed by atoms with Gasteiger partial charge < -0.3 is 0 Å². The Bertz CT molecular complexity index is 1190. The zero-order chi connectivity index (χ0) is 23.2. The molecule has 0 N–H and O–H groups in total. The number of hydrogen-bond acceptors (Lipinski definition) is 0. The van der Waals surface area contributed by atoms with Crippen LogP contribution in [0.1, 0.15) is 44.2 Å².